The Balaban J connectivity index is 2.60. The highest BCUT2D eigenvalue weighted by molar-refractivity contribution is 7.99. The lowest BCUT2D eigenvalue weighted by molar-refractivity contribution is 0.0895. The van der Waals surface area contributed by atoms with Crippen LogP contribution in [0.2, 0.25) is 0 Å². The van der Waals surface area contributed by atoms with Crippen LogP contribution in [0, 0.1) is 11.3 Å². The third-order valence-corrected chi connectivity index (χ3v) is 7.29. The summed E-state index contributed by atoms with van der Waals surface area (Å²) in [5, 5.41) is 10.2. The highest BCUT2D eigenvalue weighted by atomic mass is 35.5. The summed E-state index contributed by atoms with van der Waals surface area (Å²) in [6.07, 6.45) is 5.29. The molecule has 0 amide bonds. The molecule has 4 unspecified atom stereocenters. The highest BCUT2D eigenvalue weighted by Crippen LogP contribution is 2.46. The third kappa shape index (κ3) is 5.21. The smallest absolute Gasteiger partial charge is 0.0799 e. The zero-order valence-corrected chi connectivity index (χ0v) is 15.1. The first-order chi connectivity index (χ1) is 9.09. The number of hydrogen-bond donors (Lipinski definition) is 3. The van der Waals surface area contributed by atoms with E-state index < -0.39 is 6.10 Å². The van der Waals surface area contributed by atoms with E-state index in [1.807, 2.05) is 0 Å². The predicted octanol–water partition coefficient (Wildman–Crippen LogP) is 4.13. The maximum Gasteiger partial charge on any atom is 0.0799 e. The van der Waals surface area contributed by atoms with E-state index in [4.69, 9.17) is 11.6 Å². The predicted molar refractivity (Wildman–Crippen MR) is 95.4 cm³/mol. The molecule has 1 aliphatic carbocycles. The molecular formula is C14H27ClOS3. The second-order valence-corrected chi connectivity index (χ2v) is 8.01. The van der Waals surface area contributed by atoms with E-state index >= 15 is 0 Å². The fraction of sp³-hybridized carbons (Fsp3) is 1.00. The lowest BCUT2D eigenvalue weighted by atomic mass is 9.68. The molecule has 0 aromatic heterocycles. The van der Waals surface area contributed by atoms with Crippen LogP contribution in [0.3, 0.4) is 0 Å². The molecule has 0 radical (unpaired) electrons. The molecule has 19 heavy (non-hydrogen) atoms. The summed E-state index contributed by atoms with van der Waals surface area (Å²) in [6, 6.07) is 0. The molecule has 0 aromatic rings. The van der Waals surface area contributed by atoms with E-state index in [2.05, 4.69) is 32.2 Å². The van der Waals surface area contributed by atoms with Crippen LogP contribution in [-0.2, 0) is 0 Å². The second kappa shape index (κ2) is 9.34. The first-order valence-electron chi connectivity index (χ1n) is 7.21. The second-order valence-electron chi connectivity index (χ2n) is 5.71. The van der Waals surface area contributed by atoms with Gasteiger partial charge in [0.05, 0.1) is 11.5 Å². The van der Waals surface area contributed by atoms with Crippen LogP contribution >= 0.6 is 48.6 Å². The summed E-state index contributed by atoms with van der Waals surface area (Å²) in [6.45, 7) is 2.16. The molecule has 0 aliphatic heterocycles. The van der Waals surface area contributed by atoms with Gasteiger partial charge in [0, 0.05) is 5.75 Å². The Hall–Kier alpha value is 1.30. The molecule has 0 saturated heterocycles. The number of rotatable bonds is 8. The van der Waals surface area contributed by atoms with Gasteiger partial charge in [0.1, 0.15) is 0 Å². The van der Waals surface area contributed by atoms with Gasteiger partial charge in [-0.3, -0.25) is 0 Å². The van der Waals surface area contributed by atoms with Crippen molar-refractivity contribution in [3.63, 3.8) is 0 Å². The van der Waals surface area contributed by atoms with E-state index in [9.17, 15) is 5.11 Å². The molecule has 1 rings (SSSR count). The molecule has 5 heteroatoms. The van der Waals surface area contributed by atoms with Crippen molar-refractivity contribution >= 4 is 48.6 Å². The summed E-state index contributed by atoms with van der Waals surface area (Å²) < 4.78 is 0. The van der Waals surface area contributed by atoms with E-state index in [0.717, 1.165) is 42.3 Å². The third-order valence-electron chi connectivity index (χ3n) is 4.12. The molecule has 4 atom stereocenters. The summed E-state index contributed by atoms with van der Waals surface area (Å²) in [5.74, 6) is 4.14. The van der Waals surface area contributed by atoms with Crippen LogP contribution in [0.1, 0.15) is 39.0 Å². The summed E-state index contributed by atoms with van der Waals surface area (Å²) in [7, 11) is 0. The average Bonchev–Trinajstić information content (AvgIpc) is 2.46. The number of aliphatic hydroxyl groups excluding tert-OH is 1. The summed E-state index contributed by atoms with van der Waals surface area (Å²) in [5.41, 5.74) is -0.0114. The van der Waals surface area contributed by atoms with Gasteiger partial charge in [0.25, 0.3) is 0 Å². The fourth-order valence-electron chi connectivity index (χ4n) is 3.00. The minimum absolute atomic E-state index is 0.0114. The number of hydrogen-bond acceptors (Lipinski definition) is 4. The fourth-order valence-corrected chi connectivity index (χ4v) is 5.26. The molecule has 1 nitrogen and oxygen atoms in total. The van der Waals surface area contributed by atoms with E-state index in [-0.39, 0.29) is 10.8 Å². The van der Waals surface area contributed by atoms with Crippen molar-refractivity contribution in [3.05, 3.63) is 0 Å². The summed E-state index contributed by atoms with van der Waals surface area (Å²) in [4.78, 5) is 0. The minimum atomic E-state index is -0.427. The Morgan fingerprint density at radius 2 is 2.21 bits per heavy atom. The number of alkyl halides is 1. The number of aliphatic hydroxyl groups is 1. The van der Waals surface area contributed by atoms with Gasteiger partial charge in [-0.25, -0.2) is 0 Å². The molecular weight excluding hydrogens is 316 g/mol. The molecule has 0 bridgehead atoms. The molecule has 1 saturated carbocycles. The van der Waals surface area contributed by atoms with Crippen LogP contribution in [-0.4, -0.2) is 39.6 Å². The Morgan fingerprint density at radius 1 is 1.47 bits per heavy atom. The van der Waals surface area contributed by atoms with E-state index in [0.29, 0.717) is 5.92 Å². The van der Waals surface area contributed by atoms with Crippen molar-refractivity contribution in [2.45, 2.75) is 50.5 Å². The van der Waals surface area contributed by atoms with Crippen LogP contribution in [0.4, 0.5) is 0 Å². The van der Waals surface area contributed by atoms with Crippen LogP contribution in [0.5, 0.6) is 0 Å². The van der Waals surface area contributed by atoms with Crippen molar-refractivity contribution in [1.82, 2.24) is 0 Å². The van der Waals surface area contributed by atoms with Gasteiger partial charge >= 0.3 is 0 Å². The Kier molecular flexibility index (Phi) is 9.02. The van der Waals surface area contributed by atoms with E-state index in [1.54, 1.807) is 11.8 Å². The molecule has 1 N–H and O–H groups in total. The zero-order chi connectivity index (χ0) is 14.3. The molecule has 0 aromatic carbocycles. The average molecular weight is 343 g/mol. The molecule has 1 fully saturated rings. The van der Waals surface area contributed by atoms with Gasteiger partial charge in [-0.2, -0.15) is 37.0 Å². The maximum absolute atomic E-state index is 10.3. The minimum Gasteiger partial charge on any atom is -0.391 e. The lowest BCUT2D eigenvalue weighted by Gasteiger charge is -2.44. The SMILES string of the molecule is CCCSCC(O)C(Cl)C1(CS)CCCC(CS)C1. The van der Waals surface area contributed by atoms with Gasteiger partial charge in [-0.05, 0) is 54.3 Å². The first-order valence-corrected chi connectivity index (χ1v) is 10.1. The standard InChI is InChI=1S/C14H27ClOS3/c1-2-6-19-9-12(16)13(15)14(10-18)5-3-4-11(7-14)8-17/h11-13,16-18H,2-10H2,1H3. The largest absolute Gasteiger partial charge is 0.391 e. The van der Waals surface area contributed by atoms with Gasteiger partial charge in [0.15, 0.2) is 0 Å². The van der Waals surface area contributed by atoms with Gasteiger partial charge < -0.3 is 5.11 Å². The number of thiol groups is 2. The zero-order valence-electron chi connectivity index (χ0n) is 11.7. The van der Waals surface area contributed by atoms with Gasteiger partial charge in [-0.15, -0.1) is 11.6 Å². The molecule has 0 spiro atoms. The first kappa shape index (κ1) is 18.3. The lowest BCUT2D eigenvalue weighted by Crippen LogP contribution is -2.45. The Labute approximate surface area is 138 Å². The Morgan fingerprint density at radius 3 is 2.79 bits per heavy atom. The highest BCUT2D eigenvalue weighted by Gasteiger charge is 2.43. The topological polar surface area (TPSA) is 20.2 Å². The summed E-state index contributed by atoms with van der Waals surface area (Å²) >= 11 is 17.4. The van der Waals surface area contributed by atoms with Gasteiger partial charge in [-0.1, -0.05) is 13.3 Å². The Bertz CT molecular complexity index is 255. The van der Waals surface area contributed by atoms with Crippen LogP contribution in [0.15, 0.2) is 0 Å². The van der Waals surface area contributed by atoms with Crippen molar-refractivity contribution in [1.29, 1.82) is 0 Å². The van der Waals surface area contributed by atoms with Crippen LogP contribution < -0.4 is 0 Å². The molecule has 0 heterocycles. The molecule has 114 valence electrons. The van der Waals surface area contributed by atoms with Crippen molar-refractivity contribution < 1.29 is 5.11 Å². The molecule has 1 aliphatic rings. The maximum atomic E-state index is 10.3. The number of thioether (sulfide) groups is 1. The normalized spacial score (nSPS) is 31.1. The van der Waals surface area contributed by atoms with Crippen LogP contribution in [0.25, 0.3) is 0 Å². The monoisotopic (exact) mass is 342 g/mol. The van der Waals surface area contributed by atoms with Crippen molar-refractivity contribution in [2.24, 2.45) is 11.3 Å². The van der Waals surface area contributed by atoms with Crippen molar-refractivity contribution in [2.75, 3.05) is 23.0 Å². The quantitative estimate of drug-likeness (QED) is 0.350. The number of halogens is 1. The van der Waals surface area contributed by atoms with Crippen molar-refractivity contribution in [3.8, 4) is 0 Å². The van der Waals surface area contributed by atoms with E-state index in [1.165, 1.54) is 12.8 Å². The van der Waals surface area contributed by atoms with Gasteiger partial charge in [0.2, 0.25) is 0 Å².